The third kappa shape index (κ3) is 2.85. The summed E-state index contributed by atoms with van der Waals surface area (Å²) < 4.78 is 0. The van der Waals surface area contributed by atoms with E-state index in [-0.39, 0.29) is 5.41 Å². The second kappa shape index (κ2) is 3.93. The summed E-state index contributed by atoms with van der Waals surface area (Å²) in [7, 11) is 0. The van der Waals surface area contributed by atoms with Crippen molar-refractivity contribution in [3.05, 3.63) is 42.0 Å². The van der Waals surface area contributed by atoms with Gasteiger partial charge in [0, 0.05) is 6.42 Å². The van der Waals surface area contributed by atoms with E-state index in [1.54, 1.807) is 0 Å². The Hall–Kier alpha value is -0.820. The van der Waals surface area contributed by atoms with Crippen LogP contribution in [0.15, 0.2) is 24.3 Å². The van der Waals surface area contributed by atoms with Crippen LogP contribution >= 0.6 is 0 Å². The topological polar surface area (TPSA) is 20.2 Å². The molecular weight excluding hydrogens is 160 g/mol. The van der Waals surface area contributed by atoms with Gasteiger partial charge >= 0.3 is 0 Å². The van der Waals surface area contributed by atoms with Crippen LogP contribution in [0.25, 0.3) is 0 Å². The summed E-state index contributed by atoms with van der Waals surface area (Å²) >= 11 is 0. The Kier molecular flexibility index (Phi) is 3.10. The summed E-state index contributed by atoms with van der Waals surface area (Å²) in [6.45, 7) is 7.77. The molecule has 1 aromatic rings. The molecule has 1 radical (unpaired) electrons. The quantitative estimate of drug-likeness (QED) is 0.736. The molecule has 0 bridgehead atoms. The number of rotatable bonds is 2. The molecule has 0 fully saturated rings. The molecule has 0 aromatic heterocycles. The van der Waals surface area contributed by atoms with Gasteiger partial charge in [0.1, 0.15) is 0 Å². The zero-order valence-electron chi connectivity index (χ0n) is 8.54. The smallest absolute Gasteiger partial charge is 0.0842 e. The maximum absolute atomic E-state index is 8.62. The maximum atomic E-state index is 8.62. The largest absolute Gasteiger partial charge is 0.390 e. The van der Waals surface area contributed by atoms with Gasteiger partial charge in [-0.1, -0.05) is 45.0 Å². The average molecular weight is 177 g/mol. The van der Waals surface area contributed by atoms with E-state index in [4.69, 9.17) is 5.11 Å². The Balaban J connectivity index is 2.81. The minimum atomic E-state index is 0.210. The first kappa shape index (κ1) is 10.3. The first-order valence-corrected chi connectivity index (χ1v) is 4.59. The van der Waals surface area contributed by atoms with Crippen molar-refractivity contribution in [2.45, 2.75) is 32.6 Å². The van der Waals surface area contributed by atoms with Gasteiger partial charge in [-0.05, 0) is 16.5 Å². The van der Waals surface area contributed by atoms with E-state index in [9.17, 15) is 0 Å². The van der Waals surface area contributed by atoms with Crippen LogP contribution in [0.2, 0.25) is 0 Å². The summed E-state index contributed by atoms with van der Waals surface area (Å²) in [5.74, 6) is 0. The molecule has 0 unspecified atom stereocenters. The summed E-state index contributed by atoms with van der Waals surface area (Å²) in [5, 5.41) is 8.62. The van der Waals surface area contributed by atoms with Crippen LogP contribution in [0.1, 0.15) is 31.9 Å². The van der Waals surface area contributed by atoms with Gasteiger partial charge in [-0.3, -0.25) is 0 Å². The van der Waals surface area contributed by atoms with E-state index in [1.165, 1.54) is 12.2 Å². The number of aliphatic hydroxyl groups excluding tert-OH is 1. The Morgan fingerprint density at radius 2 is 1.69 bits per heavy atom. The van der Waals surface area contributed by atoms with Crippen LogP contribution in [0.3, 0.4) is 0 Å². The number of aliphatic hydroxyl groups is 1. The van der Waals surface area contributed by atoms with Gasteiger partial charge in [-0.15, -0.1) is 0 Å². The predicted octanol–water partition coefficient (Wildman–Crippen LogP) is 3.06. The van der Waals surface area contributed by atoms with Crippen molar-refractivity contribution in [3.63, 3.8) is 0 Å². The molecule has 0 aliphatic heterocycles. The lowest BCUT2D eigenvalue weighted by atomic mass is 9.86. The van der Waals surface area contributed by atoms with E-state index >= 15 is 0 Å². The molecule has 0 aliphatic rings. The van der Waals surface area contributed by atoms with Crippen molar-refractivity contribution in [2.75, 3.05) is 0 Å². The Morgan fingerprint density at radius 1 is 1.15 bits per heavy atom. The second-order valence-corrected chi connectivity index (χ2v) is 4.33. The third-order valence-corrected chi connectivity index (χ3v) is 2.15. The van der Waals surface area contributed by atoms with Gasteiger partial charge in [0.15, 0.2) is 0 Å². The molecule has 0 atom stereocenters. The first-order valence-electron chi connectivity index (χ1n) is 4.59. The van der Waals surface area contributed by atoms with Gasteiger partial charge in [0.05, 0.1) is 6.61 Å². The number of benzene rings is 1. The summed E-state index contributed by atoms with van der Waals surface area (Å²) in [4.78, 5) is 0. The van der Waals surface area contributed by atoms with Crippen molar-refractivity contribution < 1.29 is 5.11 Å². The van der Waals surface area contributed by atoms with Gasteiger partial charge < -0.3 is 5.11 Å². The number of hydrogen-bond donors (Lipinski definition) is 1. The van der Waals surface area contributed by atoms with Gasteiger partial charge in [-0.2, -0.15) is 0 Å². The minimum Gasteiger partial charge on any atom is -0.390 e. The molecule has 0 spiro atoms. The molecule has 71 valence electrons. The Morgan fingerprint density at radius 3 is 2.08 bits per heavy atom. The van der Waals surface area contributed by atoms with Gasteiger partial charge in [-0.25, -0.2) is 0 Å². The second-order valence-electron chi connectivity index (χ2n) is 4.33. The SMILES string of the molecule is CC(C)(C)c1ccc(C[CH]O)cc1. The Bertz CT molecular complexity index is 253. The van der Waals surface area contributed by atoms with Crippen LogP contribution in [-0.2, 0) is 11.8 Å². The highest BCUT2D eigenvalue weighted by Gasteiger charge is 2.12. The van der Waals surface area contributed by atoms with Crippen molar-refractivity contribution in [1.29, 1.82) is 0 Å². The van der Waals surface area contributed by atoms with Crippen molar-refractivity contribution in [3.8, 4) is 0 Å². The van der Waals surface area contributed by atoms with E-state index in [0.717, 1.165) is 5.56 Å². The van der Waals surface area contributed by atoms with Crippen molar-refractivity contribution >= 4 is 0 Å². The molecule has 1 N–H and O–H groups in total. The van der Waals surface area contributed by atoms with E-state index in [0.29, 0.717) is 6.42 Å². The molecule has 1 rings (SSSR count). The molecule has 1 nitrogen and oxygen atoms in total. The molecule has 1 heteroatoms. The van der Waals surface area contributed by atoms with E-state index in [2.05, 4.69) is 45.0 Å². The monoisotopic (exact) mass is 177 g/mol. The number of hydrogen-bond acceptors (Lipinski definition) is 1. The van der Waals surface area contributed by atoms with Crippen LogP contribution in [0.5, 0.6) is 0 Å². The average Bonchev–Trinajstić information content (AvgIpc) is 2.04. The van der Waals surface area contributed by atoms with E-state index < -0.39 is 0 Å². The highest BCUT2D eigenvalue weighted by molar-refractivity contribution is 5.27. The fraction of sp³-hybridized carbons (Fsp3) is 0.417. The summed E-state index contributed by atoms with van der Waals surface area (Å²) in [6.07, 6.45) is 0.629. The molecule has 0 heterocycles. The predicted molar refractivity (Wildman–Crippen MR) is 55.1 cm³/mol. The molecule has 0 aliphatic carbocycles. The summed E-state index contributed by atoms with van der Waals surface area (Å²) in [5.41, 5.74) is 2.69. The molecular formula is C12H17O. The lowest BCUT2D eigenvalue weighted by Crippen LogP contribution is -2.10. The lowest BCUT2D eigenvalue weighted by Gasteiger charge is -2.18. The zero-order chi connectivity index (χ0) is 9.90. The molecule has 13 heavy (non-hydrogen) atoms. The molecule has 1 aromatic carbocycles. The van der Waals surface area contributed by atoms with Crippen LogP contribution < -0.4 is 0 Å². The molecule has 0 amide bonds. The van der Waals surface area contributed by atoms with Gasteiger partial charge in [0.2, 0.25) is 0 Å². The van der Waals surface area contributed by atoms with Crippen molar-refractivity contribution in [1.82, 2.24) is 0 Å². The van der Waals surface area contributed by atoms with Crippen LogP contribution in [0, 0.1) is 6.61 Å². The van der Waals surface area contributed by atoms with Crippen LogP contribution in [-0.4, -0.2) is 5.11 Å². The maximum Gasteiger partial charge on any atom is 0.0842 e. The van der Waals surface area contributed by atoms with Gasteiger partial charge in [0.25, 0.3) is 0 Å². The fourth-order valence-corrected chi connectivity index (χ4v) is 1.25. The standard InChI is InChI=1S/C12H17O/c1-12(2,3)11-6-4-10(5-7-11)8-9-13/h4-7,9,13H,8H2,1-3H3. The van der Waals surface area contributed by atoms with Crippen molar-refractivity contribution in [2.24, 2.45) is 0 Å². The van der Waals surface area contributed by atoms with E-state index in [1.807, 2.05) is 0 Å². The van der Waals surface area contributed by atoms with Crippen LogP contribution in [0.4, 0.5) is 0 Å². The molecule has 0 saturated heterocycles. The zero-order valence-corrected chi connectivity index (χ0v) is 8.54. The third-order valence-electron chi connectivity index (χ3n) is 2.15. The normalized spacial score (nSPS) is 11.7. The highest BCUT2D eigenvalue weighted by atomic mass is 16.2. The summed E-state index contributed by atoms with van der Waals surface area (Å²) in [6, 6.07) is 8.37. The first-order chi connectivity index (χ1) is 6.04. The lowest BCUT2D eigenvalue weighted by molar-refractivity contribution is 0.385. The molecule has 0 saturated carbocycles. The minimum absolute atomic E-state index is 0.210. The Labute approximate surface area is 80.4 Å². The highest BCUT2D eigenvalue weighted by Crippen LogP contribution is 2.22. The fourth-order valence-electron chi connectivity index (χ4n) is 1.25.